The van der Waals surface area contributed by atoms with Crippen LogP contribution in [0.5, 0.6) is 0 Å². The highest BCUT2D eigenvalue weighted by atomic mass is 15.0. The Morgan fingerprint density at radius 3 is 1.64 bits per heavy atom. The topological polar surface area (TPSA) is 4.93 Å². The number of fused-ring (bicyclic) bond motifs is 6. The van der Waals surface area contributed by atoms with Crippen molar-refractivity contribution >= 4 is 54.1 Å². The van der Waals surface area contributed by atoms with Gasteiger partial charge in [-0.05, 0) is 93.0 Å². The van der Waals surface area contributed by atoms with Crippen LogP contribution in [0, 0.1) is 0 Å². The number of hydrogen-bond donors (Lipinski definition) is 0. The van der Waals surface area contributed by atoms with Crippen LogP contribution in [-0.2, 0) is 5.54 Å². The average molecular weight is 602 g/mol. The molecule has 1 heteroatoms. The normalized spacial score (nSPS) is 12.1. The molecule has 0 spiro atoms. The van der Waals surface area contributed by atoms with Gasteiger partial charge in [0.15, 0.2) is 0 Å². The molecule has 0 unspecified atom stereocenters. The molecular weight excluding hydrogens is 567 g/mol. The summed E-state index contributed by atoms with van der Waals surface area (Å²) >= 11 is 0. The average Bonchev–Trinajstić information content (AvgIpc) is 3.47. The van der Waals surface area contributed by atoms with Crippen LogP contribution < -0.4 is 0 Å². The molecule has 224 valence electrons. The Kier molecular flexibility index (Phi) is 6.14. The molecule has 1 nitrogen and oxygen atoms in total. The summed E-state index contributed by atoms with van der Waals surface area (Å²) in [5.74, 6) is 0. The monoisotopic (exact) mass is 601 g/mol. The third kappa shape index (κ3) is 4.23. The minimum absolute atomic E-state index is 0.151. The second-order valence-electron chi connectivity index (χ2n) is 13.7. The second-order valence-corrected chi connectivity index (χ2v) is 13.7. The smallest absolute Gasteiger partial charge is 0.0576 e. The molecular formula is C46H35N. The van der Waals surface area contributed by atoms with E-state index in [1.54, 1.807) is 0 Å². The van der Waals surface area contributed by atoms with Crippen LogP contribution in [0.25, 0.3) is 87.5 Å². The zero-order chi connectivity index (χ0) is 31.7. The Labute approximate surface area is 275 Å². The minimum atomic E-state index is -0.151. The van der Waals surface area contributed by atoms with E-state index >= 15 is 0 Å². The van der Waals surface area contributed by atoms with Gasteiger partial charge in [-0.25, -0.2) is 0 Å². The van der Waals surface area contributed by atoms with E-state index in [2.05, 4.69) is 183 Å². The molecule has 8 aromatic carbocycles. The maximum absolute atomic E-state index is 2.58. The van der Waals surface area contributed by atoms with Gasteiger partial charge in [0.05, 0.1) is 11.0 Å². The molecule has 0 fully saturated rings. The van der Waals surface area contributed by atoms with Gasteiger partial charge in [0.2, 0.25) is 0 Å². The van der Waals surface area contributed by atoms with Gasteiger partial charge in [-0.3, -0.25) is 0 Å². The summed E-state index contributed by atoms with van der Waals surface area (Å²) in [7, 11) is 0. The number of nitrogens with zero attached hydrogens (tertiary/aromatic N) is 1. The minimum Gasteiger partial charge on any atom is -0.335 e. The fraction of sp³-hybridized carbons (Fsp3) is 0.0870. The predicted molar refractivity (Wildman–Crippen MR) is 203 cm³/mol. The van der Waals surface area contributed by atoms with Crippen molar-refractivity contribution in [1.29, 1.82) is 0 Å². The van der Waals surface area contributed by atoms with Gasteiger partial charge in [0.25, 0.3) is 0 Å². The van der Waals surface area contributed by atoms with E-state index in [0.29, 0.717) is 0 Å². The molecule has 0 radical (unpaired) electrons. The molecule has 0 bridgehead atoms. The summed E-state index contributed by atoms with van der Waals surface area (Å²) in [6, 6.07) is 58.1. The first-order valence-electron chi connectivity index (χ1n) is 16.5. The highest BCUT2D eigenvalue weighted by Crippen LogP contribution is 2.48. The highest BCUT2D eigenvalue weighted by Gasteiger charge is 2.26. The molecule has 9 rings (SSSR count). The summed E-state index contributed by atoms with van der Waals surface area (Å²) < 4.78 is 2.58. The number of hydrogen-bond acceptors (Lipinski definition) is 0. The number of rotatable bonds is 3. The lowest BCUT2D eigenvalue weighted by Crippen LogP contribution is -2.21. The number of para-hydroxylation sites is 1. The summed E-state index contributed by atoms with van der Waals surface area (Å²) in [6.45, 7) is 6.99. The Morgan fingerprint density at radius 2 is 0.957 bits per heavy atom. The molecule has 47 heavy (non-hydrogen) atoms. The van der Waals surface area contributed by atoms with E-state index in [1.165, 1.54) is 87.5 Å². The largest absolute Gasteiger partial charge is 0.335 e. The quantitative estimate of drug-likeness (QED) is 0.178. The maximum atomic E-state index is 2.58. The summed E-state index contributed by atoms with van der Waals surface area (Å²) in [6.07, 6.45) is 0. The van der Waals surface area contributed by atoms with Crippen molar-refractivity contribution in [3.05, 3.63) is 158 Å². The lowest BCUT2D eigenvalue weighted by atomic mass is 9.85. The molecule has 0 atom stereocenters. The zero-order valence-electron chi connectivity index (χ0n) is 27.0. The summed E-state index contributed by atoms with van der Waals surface area (Å²) in [4.78, 5) is 0. The summed E-state index contributed by atoms with van der Waals surface area (Å²) in [5.41, 5.74) is 10.0. The van der Waals surface area contributed by atoms with Gasteiger partial charge in [0, 0.05) is 21.9 Å². The molecule has 0 saturated heterocycles. The molecule has 0 N–H and O–H groups in total. The van der Waals surface area contributed by atoms with Crippen LogP contribution in [0.4, 0.5) is 0 Å². The van der Waals surface area contributed by atoms with E-state index < -0.39 is 0 Å². The Hall–Kier alpha value is -5.66. The van der Waals surface area contributed by atoms with Gasteiger partial charge < -0.3 is 4.57 Å². The summed E-state index contributed by atoms with van der Waals surface area (Å²) in [5, 5.41) is 10.2. The molecule has 0 saturated carbocycles. The van der Waals surface area contributed by atoms with E-state index in [4.69, 9.17) is 0 Å². The first-order chi connectivity index (χ1) is 23.0. The van der Waals surface area contributed by atoms with Crippen molar-refractivity contribution in [3.8, 4) is 33.4 Å². The number of aromatic nitrogens is 1. The Morgan fingerprint density at radius 1 is 0.404 bits per heavy atom. The Balaban J connectivity index is 1.44. The van der Waals surface area contributed by atoms with Crippen molar-refractivity contribution < 1.29 is 0 Å². The van der Waals surface area contributed by atoms with Gasteiger partial charge >= 0.3 is 0 Å². The van der Waals surface area contributed by atoms with Crippen LogP contribution in [0.2, 0.25) is 0 Å². The third-order valence-corrected chi connectivity index (χ3v) is 9.81. The van der Waals surface area contributed by atoms with Crippen LogP contribution in [0.3, 0.4) is 0 Å². The lowest BCUT2D eigenvalue weighted by Gasteiger charge is -2.26. The van der Waals surface area contributed by atoms with E-state index in [0.717, 1.165) is 0 Å². The molecule has 0 aliphatic heterocycles. The fourth-order valence-corrected chi connectivity index (χ4v) is 7.95. The van der Waals surface area contributed by atoms with Crippen LogP contribution in [-0.4, -0.2) is 4.57 Å². The maximum Gasteiger partial charge on any atom is 0.0576 e. The first-order valence-corrected chi connectivity index (χ1v) is 16.5. The van der Waals surface area contributed by atoms with Crippen molar-refractivity contribution in [1.82, 2.24) is 4.57 Å². The van der Waals surface area contributed by atoms with Crippen molar-refractivity contribution in [2.24, 2.45) is 0 Å². The first kappa shape index (κ1) is 27.6. The van der Waals surface area contributed by atoms with Crippen LogP contribution in [0.15, 0.2) is 158 Å². The van der Waals surface area contributed by atoms with Gasteiger partial charge in [0.1, 0.15) is 0 Å². The lowest BCUT2D eigenvalue weighted by molar-refractivity contribution is 0.423. The third-order valence-electron chi connectivity index (χ3n) is 9.81. The zero-order valence-corrected chi connectivity index (χ0v) is 27.0. The van der Waals surface area contributed by atoms with Crippen molar-refractivity contribution in [2.45, 2.75) is 26.3 Å². The second kappa shape index (κ2) is 10.4. The van der Waals surface area contributed by atoms with E-state index in [-0.39, 0.29) is 5.54 Å². The SMILES string of the molecule is CC(C)(C)n1c2cccc(-c3ccccc3)c2c2cccc(-c3c4ccccc4c(-c4ccc5ccccc5c4)c4ccccc34)c21. The molecule has 9 aromatic rings. The van der Waals surface area contributed by atoms with Gasteiger partial charge in [-0.2, -0.15) is 0 Å². The van der Waals surface area contributed by atoms with Crippen LogP contribution >= 0.6 is 0 Å². The van der Waals surface area contributed by atoms with Crippen molar-refractivity contribution in [3.63, 3.8) is 0 Å². The van der Waals surface area contributed by atoms with Gasteiger partial charge in [-0.15, -0.1) is 0 Å². The molecule has 0 amide bonds. The predicted octanol–water partition coefficient (Wildman–Crippen LogP) is 13.0. The van der Waals surface area contributed by atoms with E-state index in [9.17, 15) is 0 Å². The van der Waals surface area contributed by atoms with Crippen molar-refractivity contribution in [2.75, 3.05) is 0 Å². The van der Waals surface area contributed by atoms with Crippen LogP contribution in [0.1, 0.15) is 20.8 Å². The molecule has 1 aromatic heterocycles. The molecule has 0 aliphatic rings. The number of benzene rings is 8. The molecule has 1 heterocycles. The standard InChI is InChI=1S/C46H35N/c1-46(2,3)47-41-26-14-23-34(31-16-5-4-6-17-31)44(41)40-25-13-24-39(45(40)47)43-37-21-11-9-19-35(37)42(36-20-10-12-22-38(36)43)33-28-27-30-15-7-8-18-32(30)29-33/h4-29H,1-3H3. The molecule has 0 aliphatic carbocycles. The Bertz CT molecular complexity index is 2590. The fourth-order valence-electron chi connectivity index (χ4n) is 7.95. The van der Waals surface area contributed by atoms with Gasteiger partial charge in [-0.1, -0.05) is 146 Å². The highest BCUT2D eigenvalue weighted by molar-refractivity contribution is 6.26. The van der Waals surface area contributed by atoms with E-state index in [1.807, 2.05) is 0 Å².